The number of methoxy groups -OCH3 is 1. The highest BCUT2D eigenvalue weighted by atomic mass is 79.9. The van der Waals surface area contributed by atoms with Crippen molar-refractivity contribution in [3.05, 3.63) is 68.5 Å². The van der Waals surface area contributed by atoms with E-state index in [2.05, 4.69) is 26.3 Å². The monoisotopic (exact) mass is 401 g/mol. The molecule has 6 nitrogen and oxygen atoms in total. The Morgan fingerprint density at radius 2 is 1.96 bits per heavy atom. The van der Waals surface area contributed by atoms with Gasteiger partial charge in [0.25, 0.3) is 11.5 Å². The van der Waals surface area contributed by atoms with E-state index in [0.29, 0.717) is 16.5 Å². The van der Waals surface area contributed by atoms with Crippen LogP contribution >= 0.6 is 15.9 Å². The van der Waals surface area contributed by atoms with Gasteiger partial charge in [-0.1, -0.05) is 34.1 Å². The molecule has 0 aliphatic heterocycles. The van der Waals surface area contributed by atoms with Gasteiger partial charge in [-0.3, -0.25) is 9.59 Å². The number of carbonyl (C=O) groups excluding carboxylic acids is 1. The van der Waals surface area contributed by atoms with Crippen LogP contribution in [-0.4, -0.2) is 29.8 Å². The molecule has 128 valence electrons. The predicted octanol–water partition coefficient (Wildman–Crippen LogP) is 2.58. The molecule has 0 bridgehead atoms. The summed E-state index contributed by atoms with van der Waals surface area (Å²) in [6, 6.07) is 12.5. The standard InChI is InChI=1S/C18H16BrN3O3/c1-20-17(23)16-13-5-3-4-6-14(13)18(24)22(21-16)10-11-9-12(19)7-8-15(11)25-2/h3-9H,10H2,1-2H3,(H,20,23). The van der Waals surface area contributed by atoms with E-state index >= 15 is 0 Å². The molecule has 0 saturated carbocycles. The molecule has 1 aromatic heterocycles. The maximum Gasteiger partial charge on any atom is 0.274 e. The van der Waals surface area contributed by atoms with Crippen molar-refractivity contribution < 1.29 is 9.53 Å². The van der Waals surface area contributed by atoms with Crippen LogP contribution in [0.3, 0.4) is 0 Å². The molecule has 0 unspecified atom stereocenters. The van der Waals surface area contributed by atoms with Gasteiger partial charge in [0.1, 0.15) is 5.75 Å². The van der Waals surface area contributed by atoms with Crippen molar-refractivity contribution in [3.8, 4) is 5.75 Å². The van der Waals surface area contributed by atoms with E-state index in [4.69, 9.17) is 4.74 Å². The average molecular weight is 402 g/mol. The highest BCUT2D eigenvalue weighted by Gasteiger charge is 2.16. The summed E-state index contributed by atoms with van der Waals surface area (Å²) in [5, 5.41) is 7.84. The van der Waals surface area contributed by atoms with Crippen molar-refractivity contribution in [1.82, 2.24) is 15.1 Å². The molecule has 0 radical (unpaired) electrons. The first-order valence-electron chi connectivity index (χ1n) is 7.59. The Kier molecular flexibility index (Phi) is 4.85. The summed E-state index contributed by atoms with van der Waals surface area (Å²) >= 11 is 3.42. The number of amides is 1. The van der Waals surface area contributed by atoms with Crippen molar-refractivity contribution in [2.75, 3.05) is 14.2 Å². The van der Waals surface area contributed by atoms with E-state index in [9.17, 15) is 9.59 Å². The number of ether oxygens (including phenoxy) is 1. The highest BCUT2D eigenvalue weighted by molar-refractivity contribution is 9.10. The van der Waals surface area contributed by atoms with Crippen molar-refractivity contribution >= 4 is 32.6 Å². The maximum atomic E-state index is 12.8. The minimum absolute atomic E-state index is 0.191. The molecule has 0 spiro atoms. The number of carbonyl (C=O) groups is 1. The number of benzene rings is 2. The fraction of sp³-hybridized carbons (Fsp3) is 0.167. The van der Waals surface area contributed by atoms with E-state index in [-0.39, 0.29) is 23.7 Å². The lowest BCUT2D eigenvalue weighted by molar-refractivity contribution is 0.0957. The molecular weight excluding hydrogens is 386 g/mol. The molecule has 0 atom stereocenters. The lowest BCUT2D eigenvalue weighted by atomic mass is 10.1. The minimum atomic E-state index is -0.342. The van der Waals surface area contributed by atoms with Gasteiger partial charge in [0.05, 0.1) is 19.0 Å². The summed E-state index contributed by atoms with van der Waals surface area (Å²) in [7, 11) is 3.10. The normalized spacial score (nSPS) is 10.7. The fourth-order valence-electron chi connectivity index (χ4n) is 2.66. The molecular formula is C18H16BrN3O3. The van der Waals surface area contributed by atoms with Gasteiger partial charge in [0.2, 0.25) is 0 Å². The van der Waals surface area contributed by atoms with Gasteiger partial charge < -0.3 is 10.1 Å². The van der Waals surface area contributed by atoms with Gasteiger partial charge in [0, 0.05) is 22.5 Å². The summed E-state index contributed by atoms with van der Waals surface area (Å²) in [5.74, 6) is 0.303. The number of nitrogens with zero attached hydrogens (tertiary/aromatic N) is 2. The van der Waals surface area contributed by atoms with Gasteiger partial charge in [-0.25, -0.2) is 4.68 Å². The molecule has 0 fully saturated rings. The van der Waals surface area contributed by atoms with Crippen molar-refractivity contribution in [2.45, 2.75) is 6.54 Å². The van der Waals surface area contributed by atoms with Crippen molar-refractivity contribution in [1.29, 1.82) is 0 Å². The Morgan fingerprint density at radius 1 is 1.24 bits per heavy atom. The summed E-state index contributed by atoms with van der Waals surface area (Å²) in [4.78, 5) is 25.0. The molecule has 1 heterocycles. The third-order valence-corrected chi connectivity index (χ3v) is 4.37. The predicted molar refractivity (Wildman–Crippen MR) is 99.2 cm³/mol. The van der Waals surface area contributed by atoms with Crippen LogP contribution in [-0.2, 0) is 6.54 Å². The van der Waals surface area contributed by atoms with E-state index in [1.807, 2.05) is 18.2 Å². The zero-order chi connectivity index (χ0) is 18.0. The van der Waals surface area contributed by atoms with E-state index < -0.39 is 0 Å². The molecule has 0 saturated heterocycles. The number of hydrogen-bond acceptors (Lipinski definition) is 4. The number of rotatable bonds is 4. The average Bonchev–Trinajstić information content (AvgIpc) is 2.63. The number of aromatic nitrogens is 2. The fourth-order valence-corrected chi connectivity index (χ4v) is 3.07. The summed E-state index contributed by atoms with van der Waals surface area (Å²) in [6.07, 6.45) is 0. The lowest BCUT2D eigenvalue weighted by Gasteiger charge is -2.13. The Bertz CT molecular complexity index is 1010. The van der Waals surface area contributed by atoms with E-state index in [1.54, 1.807) is 31.4 Å². The SMILES string of the molecule is CNC(=O)c1nn(Cc2cc(Br)ccc2OC)c(=O)c2ccccc12. The van der Waals surface area contributed by atoms with Gasteiger partial charge in [-0.05, 0) is 24.3 Å². The number of halogens is 1. The van der Waals surface area contributed by atoms with Crippen LogP contribution in [0.1, 0.15) is 16.1 Å². The first-order chi connectivity index (χ1) is 12.0. The zero-order valence-electron chi connectivity index (χ0n) is 13.7. The molecule has 7 heteroatoms. The third kappa shape index (κ3) is 3.28. The molecule has 0 aliphatic carbocycles. The van der Waals surface area contributed by atoms with Gasteiger partial charge >= 0.3 is 0 Å². The lowest BCUT2D eigenvalue weighted by Crippen LogP contribution is -2.29. The topological polar surface area (TPSA) is 73.2 Å². The van der Waals surface area contributed by atoms with Crippen LogP contribution in [0.4, 0.5) is 0 Å². The largest absolute Gasteiger partial charge is 0.496 e. The molecule has 1 N–H and O–H groups in total. The van der Waals surface area contributed by atoms with Gasteiger partial charge in [-0.2, -0.15) is 5.10 Å². The van der Waals surface area contributed by atoms with Crippen molar-refractivity contribution in [3.63, 3.8) is 0 Å². The van der Waals surface area contributed by atoms with Crippen LogP contribution in [0.15, 0.2) is 51.7 Å². The van der Waals surface area contributed by atoms with Crippen LogP contribution in [0.5, 0.6) is 5.75 Å². The Morgan fingerprint density at radius 3 is 2.64 bits per heavy atom. The Labute approximate surface area is 152 Å². The minimum Gasteiger partial charge on any atom is -0.496 e. The zero-order valence-corrected chi connectivity index (χ0v) is 15.3. The Hall–Kier alpha value is -2.67. The number of fused-ring (bicyclic) bond motifs is 1. The van der Waals surface area contributed by atoms with Crippen LogP contribution in [0.2, 0.25) is 0 Å². The Balaban J connectivity index is 2.20. The molecule has 0 aliphatic rings. The van der Waals surface area contributed by atoms with E-state index in [1.165, 1.54) is 11.7 Å². The summed E-state index contributed by atoms with van der Waals surface area (Å²) in [5.41, 5.74) is 0.738. The maximum absolute atomic E-state index is 12.8. The highest BCUT2D eigenvalue weighted by Crippen LogP contribution is 2.23. The molecule has 2 aromatic carbocycles. The van der Waals surface area contributed by atoms with Crippen molar-refractivity contribution in [2.24, 2.45) is 0 Å². The first kappa shape index (κ1) is 17.2. The molecule has 3 rings (SSSR count). The second kappa shape index (κ2) is 7.06. The first-order valence-corrected chi connectivity index (χ1v) is 8.38. The third-order valence-electron chi connectivity index (χ3n) is 3.87. The van der Waals surface area contributed by atoms with E-state index in [0.717, 1.165) is 10.0 Å². The number of hydrogen-bond donors (Lipinski definition) is 1. The van der Waals surface area contributed by atoms with Crippen LogP contribution in [0.25, 0.3) is 10.8 Å². The van der Waals surface area contributed by atoms with Gasteiger partial charge in [0.15, 0.2) is 5.69 Å². The molecule has 25 heavy (non-hydrogen) atoms. The molecule has 3 aromatic rings. The van der Waals surface area contributed by atoms with Crippen LogP contribution in [0, 0.1) is 0 Å². The smallest absolute Gasteiger partial charge is 0.274 e. The molecule has 1 amide bonds. The number of nitrogens with one attached hydrogen (secondary N) is 1. The summed E-state index contributed by atoms with van der Waals surface area (Å²) in [6.45, 7) is 0.191. The van der Waals surface area contributed by atoms with Crippen LogP contribution < -0.4 is 15.6 Å². The van der Waals surface area contributed by atoms with Gasteiger partial charge in [-0.15, -0.1) is 0 Å². The second-order valence-electron chi connectivity index (χ2n) is 5.39. The quantitative estimate of drug-likeness (QED) is 0.728. The second-order valence-corrected chi connectivity index (χ2v) is 6.31. The summed E-state index contributed by atoms with van der Waals surface area (Å²) < 4.78 is 7.51.